The predicted molar refractivity (Wildman–Crippen MR) is 74.0 cm³/mol. The van der Waals surface area contributed by atoms with Gasteiger partial charge in [0.05, 0.1) is 17.5 Å². The molecule has 0 aromatic heterocycles. The highest BCUT2D eigenvalue weighted by molar-refractivity contribution is 6.32. The lowest BCUT2D eigenvalue weighted by atomic mass is 10.1. The topological polar surface area (TPSA) is 62.6 Å². The molecule has 0 spiro atoms. The van der Waals surface area contributed by atoms with Gasteiger partial charge in [-0.15, -0.1) is 0 Å². The first kappa shape index (κ1) is 14.5. The molecule has 1 aromatic carbocycles. The summed E-state index contributed by atoms with van der Waals surface area (Å²) in [5.74, 6) is 0.775. The highest BCUT2D eigenvalue weighted by Gasteiger charge is 2.24. The molecule has 0 N–H and O–H groups in total. The van der Waals surface area contributed by atoms with Crippen molar-refractivity contribution in [2.45, 2.75) is 26.3 Å². The number of halogens is 1. The number of benzene rings is 1. The van der Waals surface area contributed by atoms with E-state index >= 15 is 0 Å². The van der Waals surface area contributed by atoms with Crippen molar-refractivity contribution < 1.29 is 14.3 Å². The van der Waals surface area contributed by atoms with E-state index in [-0.39, 0.29) is 18.7 Å². The molecule has 106 valence electrons. The number of nitriles is 1. The molecule has 1 aliphatic heterocycles. The van der Waals surface area contributed by atoms with E-state index < -0.39 is 0 Å². The summed E-state index contributed by atoms with van der Waals surface area (Å²) in [5, 5.41) is 9.03. The summed E-state index contributed by atoms with van der Waals surface area (Å²) < 4.78 is 10.5. The van der Waals surface area contributed by atoms with E-state index in [1.54, 1.807) is 17.0 Å². The number of hydrogen-bond donors (Lipinski definition) is 0. The molecule has 20 heavy (non-hydrogen) atoms. The number of fused-ring (bicyclic) bond motifs is 1. The van der Waals surface area contributed by atoms with E-state index in [1.165, 1.54) is 0 Å². The van der Waals surface area contributed by atoms with Crippen LogP contribution in [0.25, 0.3) is 0 Å². The Bertz CT molecular complexity index is 566. The van der Waals surface area contributed by atoms with Crippen molar-refractivity contribution in [3.63, 3.8) is 0 Å². The zero-order valence-corrected chi connectivity index (χ0v) is 12.1. The molecule has 0 radical (unpaired) electrons. The second-order valence-corrected chi connectivity index (χ2v) is 5.10. The number of ether oxygens (including phenoxy) is 2. The van der Waals surface area contributed by atoms with Gasteiger partial charge >= 0.3 is 0 Å². The molecule has 1 heterocycles. The van der Waals surface area contributed by atoms with Gasteiger partial charge in [0.1, 0.15) is 0 Å². The summed E-state index contributed by atoms with van der Waals surface area (Å²) >= 11 is 6.08. The van der Waals surface area contributed by atoms with Crippen LogP contribution in [0.1, 0.15) is 30.6 Å². The molecule has 0 fully saturated rings. The normalized spacial score (nSPS) is 12.3. The second kappa shape index (κ2) is 6.02. The van der Waals surface area contributed by atoms with Crippen molar-refractivity contribution in [3.8, 4) is 17.6 Å². The average Bonchev–Trinajstić information content (AvgIpc) is 2.87. The van der Waals surface area contributed by atoms with Crippen LogP contribution in [0.2, 0.25) is 5.02 Å². The van der Waals surface area contributed by atoms with Gasteiger partial charge in [-0.25, -0.2) is 0 Å². The Kier molecular flexibility index (Phi) is 4.35. The van der Waals surface area contributed by atoms with Gasteiger partial charge in [-0.3, -0.25) is 4.79 Å². The lowest BCUT2D eigenvalue weighted by Gasteiger charge is -2.26. The van der Waals surface area contributed by atoms with E-state index in [2.05, 4.69) is 0 Å². The van der Waals surface area contributed by atoms with Crippen LogP contribution in [-0.2, 0) is 0 Å². The van der Waals surface area contributed by atoms with Crippen LogP contribution in [0, 0.1) is 11.3 Å². The Labute approximate surface area is 122 Å². The monoisotopic (exact) mass is 294 g/mol. The molecule has 0 saturated carbocycles. The predicted octanol–water partition coefficient (Wildman–Crippen LogP) is 2.83. The zero-order valence-electron chi connectivity index (χ0n) is 11.4. The van der Waals surface area contributed by atoms with Crippen molar-refractivity contribution in [1.82, 2.24) is 4.90 Å². The maximum absolute atomic E-state index is 12.5. The molecular weight excluding hydrogens is 280 g/mol. The quantitative estimate of drug-likeness (QED) is 0.856. The van der Waals surface area contributed by atoms with Crippen LogP contribution >= 0.6 is 11.6 Å². The molecular formula is C14H15ClN2O3. The van der Waals surface area contributed by atoms with E-state index in [1.807, 2.05) is 19.9 Å². The highest BCUT2D eigenvalue weighted by atomic mass is 35.5. The molecule has 1 aliphatic rings. The van der Waals surface area contributed by atoms with Crippen LogP contribution < -0.4 is 9.47 Å². The van der Waals surface area contributed by atoms with Gasteiger partial charge in [-0.2, -0.15) is 5.26 Å². The Morgan fingerprint density at radius 2 is 2.25 bits per heavy atom. The summed E-state index contributed by atoms with van der Waals surface area (Å²) in [6.45, 7) is 4.31. The Morgan fingerprint density at radius 1 is 1.50 bits per heavy atom. The van der Waals surface area contributed by atoms with Crippen LogP contribution in [0.4, 0.5) is 0 Å². The number of hydrogen-bond acceptors (Lipinski definition) is 4. The summed E-state index contributed by atoms with van der Waals surface area (Å²) in [6, 6.07) is 5.24. The molecule has 0 unspecified atom stereocenters. The largest absolute Gasteiger partial charge is 0.454 e. The van der Waals surface area contributed by atoms with Crippen LogP contribution in [0.5, 0.6) is 11.5 Å². The minimum atomic E-state index is -0.171. The first-order valence-corrected chi connectivity index (χ1v) is 6.69. The standard InChI is InChI=1S/C14H15ClN2O3/c1-9(2)17(5-3-4-16)14(18)10-6-11(15)13-12(7-10)19-8-20-13/h6-7,9H,3,5,8H2,1-2H3. The van der Waals surface area contributed by atoms with Gasteiger partial charge < -0.3 is 14.4 Å². The SMILES string of the molecule is CC(C)N(CCC#N)C(=O)c1cc(Cl)c2c(c1)OCO2. The molecule has 5 nitrogen and oxygen atoms in total. The fourth-order valence-electron chi connectivity index (χ4n) is 2.02. The molecule has 6 heteroatoms. The molecule has 1 aromatic rings. The third-order valence-corrected chi connectivity index (χ3v) is 3.30. The zero-order chi connectivity index (χ0) is 14.7. The number of rotatable bonds is 4. The first-order chi connectivity index (χ1) is 9.54. The summed E-state index contributed by atoms with van der Waals surface area (Å²) in [4.78, 5) is 14.1. The average molecular weight is 295 g/mol. The second-order valence-electron chi connectivity index (χ2n) is 4.69. The van der Waals surface area contributed by atoms with Crippen molar-refractivity contribution in [1.29, 1.82) is 5.26 Å². The smallest absolute Gasteiger partial charge is 0.254 e. The van der Waals surface area contributed by atoms with Gasteiger partial charge in [0, 0.05) is 18.2 Å². The molecule has 0 atom stereocenters. The molecule has 0 saturated heterocycles. The molecule has 1 amide bonds. The van der Waals surface area contributed by atoms with Crippen LogP contribution in [-0.4, -0.2) is 30.2 Å². The fraction of sp³-hybridized carbons (Fsp3) is 0.429. The number of carbonyl (C=O) groups is 1. The third kappa shape index (κ3) is 2.81. The maximum Gasteiger partial charge on any atom is 0.254 e. The first-order valence-electron chi connectivity index (χ1n) is 6.31. The van der Waals surface area contributed by atoms with Crippen molar-refractivity contribution in [2.24, 2.45) is 0 Å². The minimum Gasteiger partial charge on any atom is -0.454 e. The lowest BCUT2D eigenvalue weighted by Crippen LogP contribution is -2.37. The lowest BCUT2D eigenvalue weighted by molar-refractivity contribution is 0.0710. The summed E-state index contributed by atoms with van der Waals surface area (Å²) in [5.41, 5.74) is 0.436. The van der Waals surface area contributed by atoms with Crippen LogP contribution in [0.15, 0.2) is 12.1 Å². The maximum atomic E-state index is 12.5. The van der Waals surface area contributed by atoms with Crippen molar-refractivity contribution in [2.75, 3.05) is 13.3 Å². The van der Waals surface area contributed by atoms with Gasteiger partial charge in [0.15, 0.2) is 11.5 Å². The Balaban J connectivity index is 2.28. The number of carbonyl (C=O) groups excluding carboxylic acids is 1. The molecule has 0 aliphatic carbocycles. The number of amides is 1. The van der Waals surface area contributed by atoms with Gasteiger partial charge in [0.2, 0.25) is 6.79 Å². The van der Waals surface area contributed by atoms with Crippen LogP contribution in [0.3, 0.4) is 0 Å². The van der Waals surface area contributed by atoms with Gasteiger partial charge in [0.25, 0.3) is 5.91 Å². The summed E-state index contributed by atoms with van der Waals surface area (Å²) in [6.07, 6.45) is 0.294. The number of nitrogens with zero attached hydrogens (tertiary/aromatic N) is 2. The minimum absolute atomic E-state index is 0.0000449. The molecule has 2 rings (SSSR count). The van der Waals surface area contributed by atoms with Gasteiger partial charge in [-0.05, 0) is 26.0 Å². The Morgan fingerprint density at radius 3 is 2.90 bits per heavy atom. The van der Waals surface area contributed by atoms with E-state index in [0.717, 1.165) is 0 Å². The van der Waals surface area contributed by atoms with E-state index in [0.29, 0.717) is 35.1 Å². The van der Waals surface area contributed by atoms with E-state index in [4.69, 9.17) is 26.3 Å². The van der Waals surface area contributed by atoms with Crippen molar-refractivity contribution in [3.05, 3.63) is 22.7 Å². The molecule has 0 bridgehead atoms. The van der Waals surface area contributed by atoms with Crippen molar-refractivity contribution >= 4 is 17.5 Å². The van der Waals surface area contributed by atoms with E-state index in [9.17, 15) is 4.79 Å². The Hall–Kier alpha value is -1.93. The van der Waals surface area contributed by atoms with Gasteiger partial charge in [-0.1, -0.05) is 11.6 Å². The highest BCUT2D eigenvalue weighted by Crippen LogP contribution is 2.40. The summed E-state index contributed by atoms with van der Waals surface area (Å²) in [7, 11) is 0. The third-order valence-electron chi connectivity index (χ3n) is 3.02. The fourth-order valence-corrected chi connectivity index (χ4v) is 2.29.